The molecule has 0 radical (unpaired) electrons. The highest BCUT2D eigenvalue weighted by Gasteiger charge is 2.16. The molecule has 1 aromatic heterocycles. The van der Waals surface area contributed by atoms with E-state index in [1.165, 1.54) is 0 Å². The zero-order chi connectivity index (χ0) is 15.4. The van der Waals surface area contributed by atoms with Crippen LogP contribution in [0.15, 0.2) is 24.4 Å². The van der Waals surface area contributed by atoms with Crippen molar-refractivity contribution in [3.63, 3.8) is 0 Å². The Morgan fingerprint density at radius 2 is 2.29 bits per heavy atom. The van der Waals surface area contributed by atoms with Crippen molar-refractivity contribution in [2.45, 2.75) is 26.8 Å². The lowest BCUT2D eigenvalue weighted by Gasteiger charge is -2.16. The minimum absolute atomic E-state index is 0.000464. The molecule has 1 heterocycles. The third-order valence-corrected chi connectivity index (χ3v) is 4.02. The van der Waals surface area contributed by atoms with Gasteiger partial charge >= 0.3 is 5.97 Å². The molecule has 3 N–H and O–H groups in total. The summed E-state index contributed by atoms with van der Waals surface area (Å²) in [6, 6.07) is 5.17. The monoisotopic (exact) mass is 305 g/mol. The van der Waals surface area contributed by atoms with Gasteiger partial charge in [-0.2, -0.15) is 0 Å². The molecule has 0 aliphatic carbocycles. The molecule has 0 aliphatic rings. The molecule has 5 nitrogen and oxygen atoms in total. The number of hydrogen-bond acceptors (Lipinski definition) is 6. The molecule has 2 aromatic rings. The Balaban J connectivity index is 2.24. The standard InChI is InChI=1S/C15H19N3O2S/c1-4-20-15(19)12-7-11(16)5-6-13(12)18-10(3)14-17-8-9(2)21-14/h5-8,10,18H,4,16H2,1-3H3. The van der Waals surface area contributed by atoms with Crippen molar-refractivity contribution in [1.82, 2.24) is 4.98 Å². The van der Waals surface area contributed by atoms with Gasteiger partial charge in [-0.05, 0) is 39.0 Å². The summed E-state index contributed by atoms with van der Waals surface area (Å²) in [5.41, 5.74) is 7.43. The van der Waals surface area contributed by atoms with Crippen molar-refractivity contribution >= 4 is 28.7 Å². The van der Waals surface area contributed by atoms with Crippen LogP contribution in [0, 0.1) is 6.92 Å². The van der Waals surface area contributed by atoms with Crippen LogP contribution >= 0.6 is 11.3 Å². The fraction of sp³-hybridized carbons (Fsp3) is 0.333. The second kappa shape index (κ2) is 6.58. The SMILES string of the molecule is CCOC(=O)c1cc(N)ccc1NC(C)c1ncc(C)s1. The average molecular weight is 305 g/mol. The van der Waals surface area contributed by atoms with Gasteiger partial charge in [-0.15, -0.1) is 11.3 Å². The van der Waals surface area contributed by atoms with E-state index < -0.39 is 0 Å². The Bertz CT molecular complexity index is 640. The number of benzene rings is 1. The lowest BCUT2D eigenvalue weighted by atomic mass is 10.1. The zero-order valence-corrected chi connectivity index (χ0v) is 13.2. The van der Waals surface area contributed by atoms with Gasteiger partial charge in [0.15, 0.2) is 0 Å². The molecule has 1 unspecified atom stereocenters. The number of thiazole rings is 1. The normalized spacial score (nSPS) is 12.0. The number of nitrogens with two attached hydrogens (primary N) is 1. The molecule has 0 aliphatic heterocycles. The van der Waals surface area contributed by atoms with Crippen LogP contribution in [0.5, 0.6) is 0 Å². The van der Waals surface area contributed by atoms with Gasteiger partial charge < -0.3 is 15.8 Å². The smallest absolute Gasteiger partial charge is 0.340 e. The Morgan fingerprint density at radius 1 is 1.52 bits per heavy atom. The van der Waals surface area contributed by atoms with E-state index in [2.05, 4.69) is 10.3 Å². The van der Waals surface area contributed by atoms with Crippen LogP contribution in [0.3, 0.4) is 0 Å². The average Bonchev–Trinajstić information content (AvgIpc) is 2.87. The van der Waals surface area contributed by atoms with Crippen molar-refractivity contribution in [3.05, 3.63) is 39.8 Å². The van der Waals surface area contributed by atoms with Crippen molar-refractivity contribution < 1.29 is 9.53 Å². The number of nitrogens with one attached hydrogen (secondary N) is 1. The molecule has 1 atom stereocenters. The number of carbonyl (C=O) groups is 1. The maximum atomic E-state index is 12.0. The lowest BCUT2D eigenvalue weighted by molar-refractivity contribution is 0.0527. The Hall–Kier alpha value is -2.08. The van der Waals surface area contributed by atoms with Crippen molar-refractivity contribution in [3.8, 4) is 0 Å². The Kier molecular flexibility index (Phi) is 4.80. The molecule has 0 saturated carbocycles. The van der Waals surface area contributed by atoms with Crippen LogP contribution in [0.1, 0.15) is 40.1 Å². The highest BCUT2D eigenvalue weighted by molar-refractivity contribution is 7.11. The van der Waals surface area contributed by atoms with Gasteiger partial charge in [0.2, 0.25) is 0 Å². The van der Waals surface area contributed by atoms with Crippen LogP contribution in [0.4, 0.5) is 11.4 Å². The van der Waals surface area contributed by atoms with Gasteiger partial charge in [-0.3, -0.25) is 0 Å². The molecule has 21 heavy (non-hydrogen) atoms. The van der Waals surface area contributed by atoms with E-state index in [1.807, 2.05) is 20.0 Å². The largest absolute Gasteiger partial charge is 0.462 e. The summed E-state index contributed by atoms with van der Waals surface area (Å²) in [6.07, 6.45) is 1.84. The summed E-state index contributed by atoms with van der Waals surface area (Å²) in [4.78, 5) is 17.5. The van der Waals surface area contributed by atoms with Crippen LogP contribution in [-0.4, -0.2) is 17.6 Å². The first-order valence-corrected chi connectivity index (χ1v) is 7.58. The van der Waals surface area contributed by atoms with Crippen LogP contribution in [-0.2, 0) is 4.74 Å². The highest BCUT2D eigenvalue weighted by atomic mass is 32.1. The summed E-state index contributed by atoms with van der Waals surface area (Å²) < 4.78 is 5.07. The van der Waals surface area contributed by atoms with Gasteiger partial charge in [0.05, 0.1) is 18.2 Å². The number of esters is 1. The van der Waals surface area contributed by atoms with E-state index in [4.69, 9.17) is 10.5 Å². The highest BCUT2D eigenvalue weighted by Crippen LogP contribution is 2.27. The predicted molar refractivity (Wildman–Crippen MR) is 85.7 cm³/mol. The first-order chi connectivity index (χ1) is 10.0. The van der Waals surface area contributed by atoms with Crippen molar-refractivity contribution in [1.29, 1.82) is 0 Å². The second-order valence-electron chi connectivity index (χ2n) is 4.70. The van der Waals surface area contributed by atoms with E-state index in [-0.39, 0.29) is 12.0 Å². The molecule has 6 heteroatoms. The number of aryl methyl sites for hydroxylation is 1. The molecule has 2 rings (SSSR count). The number of hydrogen-bond donors (Lipinski definition) is 2. The Labute approximate surface area is 128 Å². The fourth-order valence-corrected chi connectivity index (χ4v) is 2.71. The Morgan fingerprint density at radius 3 is 2.90 bits per heavy atom. The quantitative estimate of drug-likeness (QED) is 0.654. The van der Waals surface area contributed by atoms with Crippen LogP contribution < -0.4 is 11.1 Å². The molecule has 112 valence electrons. The molecule has 1 aromatic carbocycles. The number of aromatic nitrogens is 1. The molecular weight excluding hydrogens is 286 g/mol. The summed E-state index contributed by atoms with van der Waals surface area (Å²) in [5, 5.41) is 4.27. The third-order valence-electron chi connectivity index (χ3n) is 2.92. The van der Waals surface area contributed by atoms with Gasteiger partial charge in [0, 0.05) is 22.4 Å². The number of nitrogen functional groups attached to an aromatic ring is 1. The van der Waals surface area contributed by atoms with Gasteiger partial charge in [-0.25, -0.2) is 9.78 Å². The lowest BCUT2D eigenvalue weighted by Crippen LogP contribution is -2.13. The predicted octanol–water partition coefficient (Wildman–Crippen LogP) is 3.38. The minimum atomic E-state index is -0.380. The van der Waals surface area contributed by atoms with E-state index >= 15 is 0 Å². The first-order valence-electron chi connectivity index (χ1n) is 6.76. The molecule has 0 bridgehead atoms. The van der Waals surface area contributed by atoms with Crippen LogP contribution in [0.25, 0.3) is 0 Å². The molecule has 0 spiro atoms. The second-order valence-corrected chi connectivity index (χ2v) is 5.97. The summed E-state index contributed by atoms with van der Waals surface area (Å²) in [6.45, 7) is 6.12. The molecule has 0 amide bonds. The summed E-state index contributed by atoms with van der Waals surface area (Å²) in [5.74, 6) is -0.380. The molecule has 0 fully saturated rings. The molecular formula is C15H19N3O2S. The number of ether oxygens (including phenoxy) is 1. The van der Waals surface area contributed by atoms with Gasteiger partial charge in [0.1, 0.15) is 5.01 Å². The minimum Gasteiger partial charge on any atom is -0.462 e. The number of nitrogens with zero attached hydrogens (tertiary/aromatic N) is 1. The third kappa shape index (κ3) is 3.72. The number of anilines is 2. The van der Waals surface area contributed by atoms with Gasteiger partial charge in [-0.1, -0.05) is 0 Å². The van der Waals surface area contributed by atoms with Crippen molar-refractivity contribution in [2.75, 3.05) is 17.7 Å². The number of rotatable bonds is 5. The number of carbonyl (C=O) groups excluding carboxylic acids is 1. The maximum Gasteiger partial charge on any atom is 0.340 e. The fourth-order valence-electron chi connectivity index (χ4n) is 1.93. The van der Waals surface area contributed by atoms with E-state index in [1.54, 1.807) is 36.5 Å². The topological polar surface area (TPSA) is 77.2 Å². The zero-order valence-electron chi connectivity index (χ0n) is 12.3. The summed E-state index contributed by atoms with van der Waals surface area (Å²) in [7, 11) is 0. The maximum absolute atomic E-state index is 12.0. The van der Waals surface area contributed by atoms with E-state index in [0.717, 1.165) is 9.88 Å². The van der Waals surface area contributed by atoms with Crippen LogP contribution in [0.2, 0.25) is 0 Å². The van der Waals surface area contributed by atoms with E-state index in [9.17, 15) is 4.79 Å². The molecule has 0 saturated heterocycles. The first kappa shape index (κ1) is 15.3. The summed E-state index contributed by atoms with van der Waals surface area (Å²) >= 11 is 1.63. The van der Waals surface area contributed by atoms with Gasteiger partial charge in [0.25, 0.3) is 0 Å². The van der Waals surface area contributed by atoms with Crippen molar-refractivity contribution in [2.24, 2.45) is 0 Å². The van der Waals surface area contributed by atoms with E-state index in [0.29, 0.717) is 23.5 Å².